The van der Waals surface area contributed by atoms with E-state index in [2.05, 4.69) is 26.1 Å². The molecule has 1 saturated carbocycles. The molecule has 0 amide bonds. The number of aliphatic hydroxyl groups is 2. The molecule has 3 heteroatoms. The van der Waals surface area contributed by atoms with E-state index in [-0.39, 0.29) is 29.5 Å². The minimum Gasteiger partial charge on any atom is -0.392 e. The Hall–Kier alpha value is -0.540. The van der Waals surface area contributed by atoms with Gasteiger partial charge in [-0.1, -0.05) is 98.3 Å². The van der Waals surface area contributed by atoms with Crippen LogP contribution in [-0.4, -0.2) is 29.0 Å². The zero-order valence-electron chi connectivity index (χ0n) is 21.9. The molecular weight excluding hydrogens is 394 g/mol. The molecule has 1 aliphatic heterocycles. The van der Waals surface area contributed by atoms with Crippen molar-refractivity contribution >= 4 is 0 Å². The van der Waals surface area contributed by atoms with Crippen molar-refractivity contribution in [1.82, 2.24) is 5.32 Å². The summed E-state index contributed by atoms with van der Waals surface area (Å²) in [4.78, 5) is 0. The van der Waals surface area contributed by atoms with E-state index >= 15 is 0 Å². The molecule has 0 saturated heterocycles. The van der Waals surface area contributed by atoms with Gasteiger partial charge in [-0.05, 0) is 49.5 Å². The summed E-state index contributed by atoms with van der Waals surface area (Å²) in [5.74, 6) is -0.0338. The summed E-state index contributed by atoms with van der Waals surface area (Å²) < 4.78 is 0. The molecule has 0 aromatic rings. The fraction of sp³-hybridized carbons (Fsp3) is 0.931. The summed E-state index contributed by atoms with van der Waals surface area (Å²) in [6, 6.07) is 0. The highest BCUT2D eigenvalue weighted by molar-refractivity contribution is 5.25. The van der Waals surface area contributed by atoms with Crippen LogP contribution < -0.4 is 5.32 Å². The summed E-state index contributed by atoms with van der Waals surface area (Å²) >= 11 is 0. The van der Waals surface area contributed by atoms with E-state index in [1.807, 2.05) is 6.92 Å². The highest BCUT2D eigenvalue weighted by Crippen LogP contribution is 2.53. The van der Waals surface area contributed by atoms with Crippen LogP contribution in [0.3, 0.4) is 0 Å². The highest BCUT2D eigenvalue weighted by atomic mass is 16.3. The monoisotopic (exact) mass is 449 g/mol. The zero-order valence-corrected chi connectivity index (χ0v) is 21.9. The van der Waals surface area contributed by atoms with Crippen molar-refractivity contribution in [3.05, 3.63) is 11.3 Å². The quantitative estimate of drug-likeness (QED) is 0.286. The molecule has 3 unspecified atom stereocenters. The third-order valence-electron chi connectivity index (χ3n) is 8.81. The summed E-state index contributed by atoms with van der Waals surface area (Å²) in [6.07, 6.45) is 21.0. The Morgan fingerprint density at radius 1 is 0.812 bits per heavy atom. The number of hydrogen-bond acceptors (Lipinski definition) is 3. The summed E-state index contributed by atoms with van der Waals surface area (Å²) in [5, 5.41) is 25.6. The van der Waals surface area contributed by atoms with Crippen molar-refractivity contribution in [2.24, 2.45) is 17.3 Å². The predicted molar refractivity (Wildman–Crippen MR) is 138 cm³/mol. The molecule has 32 heavy (non-hydrogen) atoms. The lowest BCUT2D eigenvalue weighted by Crippen LogP contribution is -2.61. The van der Waals surface area contributed by atoms with Crippen LogP contribution in [0, 0.1) is 17.3 Å². The largest absolute Gasteiger partial charge is 0.392 e. The first kappa shape index (κ1) is 27.7. The van der Waals surface area contributed by atoms with Gasteiger partial charge in [-0.3, -0.25) is 0 Å². The Morgan fingerprint density at radius 3 is 2.00 bits per heavy atom. The van der Waals surface area contributed by atoms with Gasteiger partial charge in [0.2, 0.25) is 0 Å². The van der Waals surface area contributed by atoms with E-state index in [0.717, 1.165) is 25.8 Å². The molecule has 0 spiro atoms. The van der Waals surface area contributed by atoms with Gasteiger partial charge in [0.15, 0.2) is 0 Å². The number of unbranched alkanes of at least 4 members (excludes halogenated alkanes) is 6. The van der Waals surface area contributed by atoms with Crippen molar-refractivity contribution < 1.29 is 10.2 Å². The molecule has 2 aliphatic rings. The first-order valence-electron chi connectivity index (χ1n) is 14.3. The first-order valence-corrected chi connectivity index (χ1v) is 14.3. The van der Waals surface area contributed by atoms with Crippen LogP contribution >= 0.6 is 0 Å². The van der Waals surface area contributed by atoms with Crippen LogP contribution in [0.15, 0.2) is 11.3 Å². The zero-order chi connectivity index (χ0) is 23.4. The standard InChI is InChI=1S/C29H55NO2/c1-5-7-8-9-11-15-18-21-25-24(20-17-14-12-10-13-16-19-22-30-25)29(4,6-2)26-27(31)23(3)28(26)32/h23,26-28,30-32H,5-22H2,1-4H3/b25-24+. The Kier molecular flexibility index (Phi) is 12.7. The first-order chi connectivity index (χ1) is 15.5. The highest BCUT2D eigenvalue weighted by Gasteiger charge is 2.55. The Morgan fingerprint density at radius 2 is 1.38 bits per heavy atom. The maximum absolute atomic E-state index is 10.9. The maximum atomic E-state index is 10.9. The molecule has 3 atom stereocenters. The van der Waals surface area contributed by atoms with Gasteiger partial charge in [0, 0.05) is 24.1 Å². The minimum atomic E-state index is -0.386. The molecule has 0 radical (unpaired) electrons. The average Bonchev–Trinajstić information content (AvgIpc) is 2.79. The second kappa shape index (κ2) is 14.7. The van der Waals surface area contributed by atoms with Crippen molar-refractivity contribution in [2.45, 2.75) is 149 Å². The van der Waals surface area contributed by atoms with Gasteiger partial charge in [0.1, 0.15) is 0 Å². The maximum Gasteiger partial charge on any atom is 0.0651 e. The van der Waals surface area contributed by atoms with Gasteiger partial charge in [-0.15, -0.1) is 0 Å². The molecule has 3 nitrogen and oxygen atoms in total. The molecule has 0 bridgehead atoms. The number of aliphatic hydroxyl groups excluding tert-OH is 2. The van der Waals surface area contributed by atoms with E-state index in [0.29, 0.717) is 0 Å². The van der Waals surface area contributed by atoms with Crippen molar-refractivity contribution in [2.75, 3.05) is 6.54 Å². The average molecular weight is 450 g/mol. The number of nitrogens with one attached hydrogen (secondary N) is 1. The fourth-order valence-electron chi connectivity index (χ4n) is 6.25. The second-order valence-electron chi connectivity index (χ2n) is 11.1. The number of rotatable bonds is 11. The third-order valence-corrected chi connectivity index (χ3v) is 8.81. The van der Waals surface area contributed by atoms with Crippen molar-refractivity contribution in [3.8, 4) is 0 Å². The molecule has 188 valence electrons. The molecule has 3 N–H and O–H groups in total. The van der Waals surface area contributed by atoms with Crippen LogP contribution in [0.2, 0.25) is 0 Å². The van der Waals surface area contributed by atoms with Crippen LogP contribution in [0.25, 0.3) is 0 Å². The second-order valence-corrected chi connectivity index (χ2v) is 11.1. The van der Waals surface area contributed by atoms with E-state index in [1.165, 1.54) is 101 Å². The van der Waals surface area contributed by atoms with Crippen LogP contribution in [0.5, 0.6) is 0 Å². The lowest BCUT2D eigenvalue weighted by atomic mass is 9.54. The van der Waals surface area contributed by atoms with Crippen LogP contribution in [-0.2, 0) is 0 Å². The molecule has 2 rings (SSSR count). The van der Waals surface area contributed by atoms with E-state index in [9.17, 15) is 10.2 Å². The topological polar surface area (TPSA) is 52.5 Å². The molecular formula is C29H55NO2. The lowest BCUT2D eigenvalue weighted by molar-refractivity contribution is -0.181. The van der Waals surface area contributed by atoms with Gasteiger partial charge in [-0.2, -0.15) is 0 Å². The fourth-order valence-corrected chi connectivity index (χ4v) is 6.25. The number of hydrogen-bond donors (Lipinski definition) is 3. The van der Waals surface area contributed by atoms with Crippen LogP contribution in [0.1, 0.15) is 137 Å². The Balaban J connectivity index is 2.19. The summed E-state index contributed by atoms with van der Waals surface area (Å²) in [5.41, 5.74) is 2.86. The van der Waals surface area contributed by atoms with Crippen molar-refractivity contribution in [3.63, 3.8) is 0 Å². The summed E-state index contributed by atoms with van der Waals surface area (Å²) in [7, 11) is 0. The van der Waals surface area contributed by atoms with Crippen molar-refractivity contribution in [1.29, 1.82) is 0 Å². The molecule has 0 aromatic heterocycles. The Labute approximate surface area is 199 Å². The molecule has 1 heterocycles. The van der Waals surface area contributed by atoms with Gasteiger partial charge in [0.05, 0.1) is 12.2 Å². The van der Waals surface area contributed by atoms with Gasteiger partial charge < -0.3 is 15.5 Å². The van der Waals surface area contributed by atoms with E-state index in [4.69, 9.17) is 0 Å². The minimum absolute atomic E-state index is 0.00255. The van der Waals surface area contributed by atoms with Crippen LogP contribution in [0.4, 0.5) is 0 Å². The van der Waals surface area contributed by atoms with E-state index < -0.39 is 0 Å². The molecule has 1 fully saturated rings. The molecule has 1 aliphatic carbocycles. The smallest absolute Gasteiger partial charge is 0.0651 e. The summed E-state index contributed by atoms with van der Waals surface area (Å²) in [6.45, 7) is 9.95. The Bertz CT molecular complexity index is 535. The van der Waals surface area contributed by atoms with Gasteiger partial charge >= 0.3 is 0 Å². The van der Waals surface area contributed by atoms with Gasteiger partial charge in [-0.25, -0.2) is 0 Å². The molecule has 0 aromatic carbocycles. The van der Waals surface area contributed by atoms with E-state index in [1.54, 1.807) is 0 Å². The SMILES string of the molecule is CCCCCCCCC/C1=C(\C(C)(CC)C2C(O)C(C)C2O)CCCCCCCCCN1. The lowest BCUT2D eigenvalue weighted by Gasteiger charge is -2.55. The normalized spacial score (nSPS) is 32.2. The number of allylic oxidation sites excluding steroid dienone is 2. The third kappa shape index (κ3) is 7.49. The van der Waals surface area contributed by atoms with Gasteiger partial charge in [0.25, 0.3) is 0 Å². The predicted octanol–water partition coefficient (Wildman–Crippen LogP) is 7.51.